The van der Waals surface area contributed by atoms with E-state index in [0.717, 1.165) is 5.56 Å². The molecule has 0 bridgehead atoms. The number of alkyl halides is 3. The van der Waals surface area contributed by atoms with Crippen LogP contribution in [0.3, 0.4) is 0 Å². The average molecular weight is 346 g/mol. The molecule has 134 valence electrons. The molecule has 1 aromatic rings. The van der Waals surface area contributed by atoms with E-state index in [4.69, 9.17) is 9.47 Å². The van der Waals surface area contributed by atoms with Crippen LogP contribution in [-0.4, -0.2) is 57.4 Å². The van der Waals surface area contributed by atoms with Crippen LogP contribution in [0.2, 0.25) is 0 Å². The third-order valence-electron chi connectivity index (χ3n) is 4.00. The van der Waals surface area contributed by atoms with Gasteiger partial charge < -0.3 is 14.8 Å². The Balaban J connectivity index is 2.09. The van der Waals surface area contributed by atoms with E-state index in [-0.39, 0.29) is 12.6 Å². The number of hydrogen-bond donors (Lipinski definition) is 1. The molecule has 1 aliphatic heterocycles. The van der Waals surface area contributed by atoms with Gasteiger partial charge >= 0.3 is 12.1 Å². The second-order valence-electron chi connectivity index (χ2n) is 5.62. The zero-order chi connectivity index (χ0) is 17.7. The van der Waals surface area contributed by atoms with E-state index < -0.39 is 18.6 Å². The number of nitrogens with zero attached hydrogens (tertiary/aromatic N) is 1. The maximum absolute atomic E-state index is 12.4. The summed E-state index contributed by atoms with van der Waals surface area (Å²) in [6.07, 6.45) is -4.96. The topological polar surface area (TPSA) is 50.8 Å². The summed E-state index contributed by atoms with van der Waals surface area (Å²) >= 11 is 0. The molecule has 0 saturated carbocycles. The van der Waals surface area contributed by atoms with E-state index in [1.165, 1.54) is 14.2 Å². The first kappa shape index (κ1) is 18.5. The fraction of sp³-hybridized carbons (Fsp3) is 0.562. The van der Waals surface area contributed by atoms with Gasteiger partial charge in [0.05, 0.1) is 20.6 Å². The molecule has 0 aromatic heterocycles. The predicted molar refractivity (Wildman–Crippen MR) is 82.2 cm³/mol. The lowest BCUT2D eigenvalue weighted by atomic mass is 10.0. The van der Waals surface area contributed by atoms with Crippen LogP contribution in [0, 0.1) is 0 Å². The average Bonchev–Trinajstić information content (AvgIpc) is 2.58. The van der Waals surface area contributed by atoms with Gasteiger partial charge in [0, 0.05) is 32.2 Å². The Labute approximate surface area is 138 Å². The van der Waals surface area contributed by atoms with Crippen LogP contribution in [0.1, 0.15) is 28.4 Å². The molecular weight excluding hydrogens is 325 g/mol. The number of ether oxygens (including phenoxy) is 2. The Hall–Kier alpha value is -1.80. The molecule has 1 atom stereocenters. The van der Waals surface area contributed by atoms with Crippen LogP contribution in [0.5, 0.6) is 5.75 Å². The van der Waals surface area contributed by atoms with Gasteiger partial charge in [0.15, 0.2) is 0 Å². The fourth-order valence-corrected chi connectivity index (χ4v) is 2.73. The molecule has 0 amide bonds. The number of carbonyl (C=O) groups excluding carboxylic acids is 1. The summed E-state index contributed by atoms with van der Waals surface area (Å²) in [7, 11) is 2.74. The summed E-state index contributed by atoms with van der Waals surface area (Å²) in [5.41, 5.74) is 1.17. The Morgan fingerprint density at radius 3 is 2.75 bits per heavy atom. The van der Waals surface area contributed by atoms with E-state index in [1.807, 2.05) is 0 Å². The molecule has 1 N–H and O–H groups in total. The van der Waals surface area contributed by atoms with Crippen LogP contribution < -0.4 is 10.1 Å². The molecule has 1 heterocycles. The molecule has 5 nitrogen and oxygen atoms in total. The largest absolute Gasteiger partial charge is 0.496 e. The van der Waals surface area contributed by atoms with Crippen molar-refractivity contribution in [2.45, 2.75) is 18.6 Å². The summed E-state index contributed by atoms with van der Waals surface area (Å²) in [6, 6.07) is 4.97. The van der Waals surface area contributed by atoms with Crippen LogP contribution in [-0.2, 0) is 4.74 Å². The van der Waals surface area contributed by atoms with E-state index >= 15 is 0 Å². The summed E-state index contributed by atoms with van der Waals surface area (Å²) in [5.74, 6) is -0.115. The lowest BCUT2D eigenvalue weighted by Crippen LogP contribution is -2.46. The van der Waals surface area contributed by atoms with Crippen molar-refractivity contribution >= 4 is 5.97 Å². The first-order chi connectivity index (χ1) is 11.3. The van der Waals surface area contributed by atoms with E-state index in [2.05, 4.69) is 5.32 Å². The highest BCUT2D eigenvalue weighted by molar-refractivity contribution is 5.92. The quantitative estimate of drug-likeness (QED) is 0.830. The van der Waals surface area contributed by atoms with Gasteiger partial charge in [-0.05, 0) is 17.7 Å². The normalized spacial score (nSPS) is 19.1. The Bertz CT molecular complexity index is 578. The molecule has 1 unspecified atom stereocenters. The minimum Gasteiger partial charge on any atom is -0.496 e. The number of benzene rings is 1. The van der Waals surface area contributed by atoms with E-state index in [0.29, 0.717) is 30.9 Å². The van der Waals surface area contributed by atoms with Crippen molar-refractivity contribution in [3.63, 3.8) is 0 Å². The molecule has 1 saturated heterocycles. The summed E-state index contributed by atoms with van der Waals surface area (Å²) < 4.78 is 47.1. The summed E-state index contributed by atoms with van der Waals surface area (Å²) in [5, 5.41) is 3.28. The minimum absolute atomic E-state index is 0.0148. The van der Waals surface area contributed by atoms with Gasteiger partial charge in [-0.2, -0.15) is 13.2 Å². The second-order valence-corrected chi connectivity index (χ2v) is 5.62. The molecule has 8 heteroatoms. The highest BCUT2D eigenvalue weighted by Gasteiger charge is 2.29. The van der Waals surface area contributed by atoms with Crippen molar-refractivity contribution in [3.8, 4) is 5.75 Å². The standard InChI is InChI=1S/C16H21F3N2O3/c1-23-14-9-11(3-4-12(14)15(22)24-2)13-10-21(8-6-20-13)7-5-16(17,18)19/h3-4,9,13,20H,5-8,10H2,1-2H3. The maximum atomic E-state index is 12.4. The lowest BCUT2D eigenvalue weighted by Gasteiger charge is -2.34. The lowest BCUT2D eigenvalue weighted by molar-refractivity contribution is -0.138. The molecule has 1 aliphatic rings. The van der Waals surface area contributed by atoms with Crippen molar-refractivity contribution in [2.75, 3.05) is 40.4 Å². The number of hydrogen-bond acceptors (Lipinski definition) is 5. The number of piperazine rings is 1. The van der Waals surface area contributed by atoms with Crippen LogP contribution in [0.15, 0.2) is 18.2 Å². The molecule has 2 rings (SSSR count). The van der Waals surface area contributed by atoms with Gasteiger partial charge in [0.2, 0.25) is 0 Å². The van der Waals surface area contributed by atoms with Crippen molar-refractivity contribution in [2.24, 2.45) is 0 Å². The zero-order valence-corrected chi connectivity index (χ0v) is 13.7. The number of rotatable bonds is 5. The number of carbonyl (C=O) groups is 1. The Kier molecular flexibility index (Phi) is 6.06. The smallest absolute Gasteiger partial charge is 0.390 e. The monoisotopic (exact) mass is 346 g/mol. The highest BCUT2D eigenvalue weighted by Crippen LogP contribution is 2.27. The van der Waals surface area contributed by atoms with Crippen LogP contribution in [0.25, 0.3) is 0 Å². The van der Waals surface area contributed by atoms with E-state index in [1.54, 1.807) is 23.1 Å². The molecule has 1 fully saturated rings. The number of nitrogens with one attached hydrogen (secondary N) is 1. The number of esters is 1. The molecule has 0 radical (unpaired) electrons. The SMILES string of the molecule is COC(=O)c1ccc(C2CN(CCC(F)(F)F)CCN2)cc1OC. The Morgan fingerprint density at radius 1 is 1.38 bits per heavy atom. The summed E-state index contributed by atoms with van der Waals surface area (Å²) in [6.45, 7) is 1.63. The van der Waals surface area contributed by atoms with Gasteiger partial charge in [-0.25, -0.2) is 4.79 Å². The number of halogens is 3. The van der Waals surface area contributed by atoms with E-state index in [9.17, 15) is 18.0 Å². The minimum atomic E-state index is -4.15. The van der Waals surface area contributed by atoms with Crippen molar-refractivity contribution in [1.29, 1.82) is 0 Å². The third-order valence-corrected chi connectivity index (χ3v) is 4.00. The van der Waals surface area contributed by atoms with Crippen LogP contribution >= 0.6 is 0 Å². The molecule has 0 aliphatic carbocycles. The van der Waals surface area contributed by atoms with Crippen LogP contribution in [0.4, 0.5) is 13.2 Å². The third kappa shape index (κ3) is 4.85. The first-order valence-electron chi connectivity index (χ1n) is 7.63. The van der Waals surface area contributed by atoms with Gasteiger partial charge in [-0.3, -0.25) is 4.90 Å². The van der Waals surface area contributed by atoms with Crippen molar-refractivity contribution in [3.05, 3.63) is 29.3 Å². The maximum Gasteiger partial charge on any atom is 0.390 e. The molecule has 24 heavy (non-hydrogen) atoms. The van der Waals surface area contributed by atoms with Gasteiger partial charge in [0.1, 0.15) is 11.3 Å². The van der Waals surface area contributed by atoms with Gasteiger partial charge in [0.25, 0.3) is 0 Å². The van der Waals surface area contributed by atoms with Gasteiger partial charge in [-0.15, -0.1) is 0 Å². The van der Waals surface area contributed by atoms with Crippen molar-refractivity contribution in [1.82, 2.24) is 10.2 Å². The highest BCUT2D eigenvalue weighted by atomic mass is 19.4. The predicted octanol–water partition coefficient (Wildman–Crippen LogP) is 2.38. The van der Waals surface area contributed by atoms with Gasteiger partial charge in [-0.1, -0.05) is 6.07 Å². The second kappa shape index (κ2) is 7.85. The Morgan fingerprint density at radius 2 is 2.12 bits per heavy atom. The zero-order valence-electron chi connectivity index (χ0n) is 13.7. The summed E-state index contributed by atoms with van der Waals surface area (Å²) in [4.78, 5) is 13.5. The first-order valence-corrected chi connectivity index (χ1v) is 7.63. The molecular formula is C16H21F3N2O3. The number of methoxy groups -OCH3 is 2. The van der Waals surface area contributed by atoms with Crippen molar-refractivity contribution < 1.29 is 27.4 Å². The molecule has 0 spiro atoms. The molecule has 1 aromatic carbocycles. The fourth-order valence-electron chi connectivity index (χ4n) is 2.73.